The molecule has 0 saturated heterocycles. The maximum Gasteiger partial charge on any atom is 0.326 e. The number of allylic oxidation sites excluding steroid dienone is 1. The number of aliphatic carboxylic acids is 1. The van der Waals surface area contributed by atoms with Crippen LogP contribution in [0.2, 0.25) is 0 Å². The predicted octanol–water partition coefficient (Wildman–Crippen LogP) is 1.32. The van der Waals surface area contributed by atoms with Gasteiger partial charge >= 0.3 is 5.97 Å². The highest BCUT2D eigenvalue weighted by molar-refractivity contribution is 5.95. The van der Waals surface area contributed by atoms with Gasteiger partial charge in [0.25, 0.3) is 0 Å². The van der Waals surface area contributed by atoms with Crippen LogP contribution in [-0.4, -0.2) is 23.0 Å². The number of amides is 1. The highest BCUT2D eigenvalue weighted by atomic mass is 16.4. The molecule has 1 fully saturated rings. The summed E-state index contributed by atoms with van der Waals surface area (Å²) in [6, 6.07) is -0.710. The third-order valence-corrected chi connectivity index (χ3v) is 2.51. The first-order valence-electron chi connectivity index (χ1n) is 5.26. The first kappa shape index (κ1) is 11.8. The highest BCUT2D eigenvalue weighted by Gasteiger charge is 2.37. The lowest BCUT2D eigenvalue weighted by Crippen LogP contribution is -2.42. The van der Waals surface area contributed by atoms with Gasteiger partial charge in [0.05, 0.1) is 0 Å². The van der Waals surface area contributed by atoms with E-state index in [-0.39, 0.29) is 11.8 Å². The lowest BCUT2D eigenvalue weighted by molar-refractivity contribution is -0.141. The standard InChI is InChI=1S/C11H17NO3/c1-3-4-7(2)10(13)12-9(11(14)15)8-5-6-8/h4,8-9H,3,5-6H2,1-2H3,(H,12,13)(H,14,15). The molecule has 0 aliphatic heterocycles. The van der Waals surface area contributed by atoms with Crippen LogP contribution in [0.1, 0.15) is 33.1 Å². The van der Waals surface area contributed by atoms with Crippen LogP contribution >= 0.6 is 0 Å². The zero-order chi connectivity index (χ0) is 11.4. The summed E-state index contributed by atoms with van der Waals surface area (Å²) in [6.07, 6.45) is 4.36. The molecular weight excluding hydrogens is 194 g/mol. The van der Waals surface area contributed by atoms with Crippen molar-refractivity contribution in [2.45, 2.75) is 39.2 Å². The van der Waals surface area contributed by atoms with Crippen molar-refractivity contribution in [3.8, 4) is 0 Å². The van der Waals surface area contributed by atoms with E-state index in [1.807, 2.05) is 6.92 Å². The minimum atomic E-state index is -0.935. The zero-order valence-electron chi connectivity index (χ0n) is 9.12. The Labute approximate surface area is 89.4 Å². The molecule has 1 amide bonds. The molecule has 1 saturated carbocycles. The highest BCUT2D eigenvalue weighted by Crippen LogP contribution is 2.32. The van der Waals surface area contributed by atoms with Gasteiger partial charge in [0.1, 0.15) is 6.04 Å². The Bertz CT molecular complexity index is 292. The summed E-state index contributed by atoms with van der Waals surface area (Å²) >= 11 is 0. The van der Waals surface area contributed by atoms with Gasteiger partial charge in [0.15, 0.2) is 0 Å². The molecule has 0 aromatic heterocycles. The largest absolute Gasteiger partial charge is 0.480 e. The molecular formula is C11H17NO3. The molecule has 84 valence electrons. The van der Waals surface area contributed by atoms with E-state index in [2.05, 4.69) is 5.32 Å². The van der Waals surface area contributed by atoms with Crippen molar-refractivity contribution in [1.29, 1.82) is 0 Å². The maximum absolute atomic E-state index is 11.5. The summed E-state index contributed by atoms with van der Waals surface area (Å²) in [7, 11) is 0. The van der Waals surface area contributed by atoms with Crippen molar-refractivity contribution < 1.29 is 14.7 Å². The monoisotopic (exact) mass is 211 g/mol. The molecule has 4 heteroatoms. The minimum Gasteiger partial charge on any atom is -0.480 e. The van der Waals surface area contributed by atoms with E-state index in [1.165, 1.54) is 0 Å². The van der Waals surface area contributed by atoms with Crippen molar-refractivity contribution >= 4 is 11.9 Å². The van der Waals surface area contributed by atoms with Crippen molar-refractivity contribution in [2.75, 3.05) is 0 Å². The van der Waals surface area contributed by atoms with Crippen LogP contribution in [0.3, 0.4) is 0 Å². The van der Waals surface area contributed by atoms with Crippen LogP contribution in [0.5, 0.6) is 0 Å². The number of carbonyl (C=O) groups is 2. The third-order valence-electron chi connectivity index (χ3n) is 2.51. The number of carboxylic acid groups (broad SMARTS) is 1. The summed E-state index contributed by atoms with van der Waals surface area (Å²) in [5.74, 6) is -1.08. The van der Waals surface area contributed by atoms with E-state index >= 15 is 0 Å². The number of hydrogen-bond donors (Lipinski definition) is 2. The molecule has 1 aliphatic rings. The number of carbonyl (C=O) groups excluding carboxylic acids is 1. The summed E-state index contributed by atoms with van der Waals surface area (Å²) in [5.41, 5.74) is 0.587. The Morgan fingerprint density at radius 3 is 2.53 bits per heavy atom. The van der Waals surface area contributed by atoms with E-state index < -0.39 is 12.0 Å². The fourth-order valence-corrected chi connectivity index (χ4v) is 1.46. The molecule has 15 heavy (non-hydrogen) atoms. The van der Waals surface area contributed by atoms with Crippen LogP contribution in [0.25, 0.3) is 0 Å². The predicted molar refractivity (Wildman–Crippen MR) is 56.3 cm³/mol. The lowest BCUT2D eigenvalue weighted by atomic mass is 10.1. The van der Waals surface area contributed by atoms with Gasteiger partial charge < -0.3 is 10.4 Å². The molecule has 0 radical (unpaired) electrons. The van der Waals surface area contributed by atoms with Gasteiger partial charge in [-0.1, -0.05) is 13.0 Å². The fourth-order valence-electron chi connectivity index (χ4n) is 1.46. The molecule has 0 bridgehead atoms. The van der Waals surface area contributed by atoms with Gasteiger partial charge in [-0.25, -0.2) is 4.79 Å². The Hall–Kier alpha value is -1.32. The van der Waals surface area contributed by atoms with Gasteiger partial charge in [-0.15, -0.1) is 0 Å². The van der Waals surface area contributed by atoms with Crippen LogP contribution in [0.15, 0.2) is 11.6 Å². The van der Waals surface area contributed by atoms with Gasteiger partial charge in [0.2, 0.25) is 5.91 Å². The molecule has 1 rings (SSSR count). The summed E-state index contributed by atoms with van der Waals surface area (Å²) in [6.45, 7) is 3.64. The number of hydrogen-bond acceptors (Lipinski definition) is 2. The Kier molecular flexibility index (Phi) is 3.88. The number of carboxylic acids is 1. The van der Waals surface area contributed by atoms with Crippen LogP contribution in [0.4, 0.5) is 0 Å². The average molecular weight is 211 g/mol. The topological polar surface area (TPSA) is 66.4 Å². The molecule has 0 aromatic rings. The van der Waals surface area contributed by atoms with Gasteiger partial charge in [-0.05, 0) is 32.1 Å². The van der Waals surface area contributed by atoms with Gasteiger partial charge in [-0.3, -0.25) is 4.79 Å². The number of nitrogens with one attached hydrogen (secondary N) is 1. The van der Waals surface area contributed by atoms with Gasteiger partial charge in [0, 0.05) is 5.57 Å². The lowest BCUT2D eigenvalue weighted by Gasteiger charge is -2.13. The Morgan fingerprint density at radius 1 is 1.53 bits per heavy atom. The number of rotatable bonds is 5. The normalized spacial score (nSPS) is 18.4. The van der Waals surface area contributed by atoms with E-state index in [0.29, 0.717) is 5.57 Å². The van der Waals surface area contributed by atoms with Crippen molar-refractivity contribution in [1.82, 2.24) is 5.32 Å². The molecule has 4 nitrogen and oxygen atoms in total. The molecule has 1 atom stereocenters. The summed E-state index contributed by atoms with van der Waals surface area (Å²) < 4.78 is 0. The second-order valence-corrected chi connectivity index (χ2v) is 3.92. The average Bonchev–Trinajstić information content (AvgIpc) is 2.97. The van der Waals surface area contributed by atoms with E-state index in [1.54, 1.807) is 13.0 Å². The second kappa shape index (κ2) is 4.96. The smallest absolute Gasteiger partial charge is 0.326 e. The van der Waals surface area contributed by atoms with Crippen molar-refractivity contribution in [3.05, 3.63) is 11.6 Å². The maximum atomic E-state index is 11.5. The van der Waals surface area contributed by atoms with E-state index in [4.69, 9.17) is 5.11 Å². The first-order valence-corrected chi connectivity index (χ1v) is 5.26. The third kappa shape index (κ3) is 3.38. The molecule has 1 aliphatic carbocycles. The summed E-state index contributed by atoms with van der Waals surface area (Å²) in [5, 5.41) is 11.5. The molecule has 0 heterocycles. The quantitative estimate of drug-likeness (QED) is 0.674. The van der Waals surface area contributed by atoms with E-state index in [9.17, 15) is 9.59 Å². The van der Waals surface area contributed by atoms with Crippen molar-refractivity contribution in [2.24, 2.45) is 5.92 Å². The molecule has 0 spiro atoms. The second-order valence-electron chi connectivity index (χ2n) is 3.92. The SMILES string of the molecule is CCC=C(C)C(=O)NC(C(=O)O)C1CC1. The Balaban J connectivity index is 2.54. The molecule has 0 aromatic carbocycles. The zero-order valence-corrected chi connectivity index (χ0v) is 9.12. The van der Waals surface area contributed by atoms with Crippen LogP contribution in [-0.2, 0) is 9.59 Å². The summed E-state index contributed by atoms with van der Waals surface area (Å²) in [4.78, 5) is 22.4. The fraction of sp³-hybridized carbons (Fsp3) is 0.636. The Morgan fingerprint density at radius 2 is 2.13 bits per heavy atom. The van der Waals surface area contributed by atoms with Crippen LogP contribution < -0.4 is 5.32 Å². The molecule has 1 unspecified atom stereocenters. The van der Waals surface area contributed by atoms with E-state index in [0.717, 1.165) is 19.3 Å². The van der Waals surface area contributed by atoms with Crippen LogP contribution in [0, 0.1) is 5.92 Å². The van der Waals surface area contributed by atoms with Crippen molar-refractivity contribution in [3.63, 3.8) is 0 Å². The molecule has 2 N–H and O–H groups in total. The van der Waals surface area contributed by atoms with Gasteiger partial charge in [-0.2, -0.15) is 0 Å². The minimum absolute atomic E-state index is 0.126. The first-order chi connectivity index (χ1) is 7.06.